The number of carbonyl (C=O) groups is 1. The zero-order valence-corrected chi connectivity index (χ0v) is 12.1. The van der Waals surface area contributed by atoms with Gasteiger partial charge in [0.05, 0.1) is 19.0 Å². The van der Waals surface area contributed by atoms with Crippen molar-refractivity contribution in [2.24, 2.45) is 5.92 Å². The Bertz CT molecular complexity index is 435. The van der Waals surface area contributed by atoms with Crippen LogP contribution in [0.1, 0.15) is 13.3 Å². The predicted octanol–water partition coefficient (Wildman–Crippen LogP) is 1.55. The van der Waals surface area contributed by atoms with Crippen LogP contribution in [0.3, 0.4) is 0 Å². The zero-order chi connectivity index (χ0) is 14.4. The number of ether oxygens (including phenoxy) is 1. The molecule has 0 radical (unpaired) electrons. The van der Waals surface area contributed by atoms with Gasteiger partial charge in [-0.3, -0.25) is 0 Å². The van der Waals surface area contributed by atoms with Crippen molar-refractivity contribution < 1.29 is 9.53 Å². The van der Waals surface area contributed by atoms with Crippen LogP contribution in [0.4, 0.5) is 10.5 Å². The second-order valence-electron chi connectivity index (χ2n) is 4.97. The van der Waals surface area contributed by atoms with E-state index < -0.39 is 0 Å². The van der Waals surface area contributed by atoms with E-state index in [2.05, 4.69) is 27.4 Å². The first-order valence-electron chi connectivity index (χ1n) is 6.98. The Morgan fingerprint density at radius 3 is 3.00 bits per heavy atom. The van der Waals surface area contributed by atoms with Crippen LogP contribution in [0.15, 0.2) is 18.3 Å². The third-order valence-corrected chi connectivity index (χ3v) is 3.57. The van der Waals surface area contributed by atoms with Crippen LogP contribution in [0.25, 0.3) is 0 Å². The fourth-order valence-electron chi connectivity index (χ4n) is 2.35. The number of anilines is 1. The molecule has 1 atom stereocenters. The molecule has 1 aliphatic heterocycles. The number of pyridine rings is 1. The van der Waals surface area contributed by atoms with Gasteiger partial charge in [-0.25, -0.2) is 9.78 Å². The molecule has 1 aliphatic rings. The molecule has 6 nitrogen and oxygen atoms in total. The summed E-state index contributed by atoms with van der Waals surface area (Å²) in [6.07, 6.45) is 2.73. The van der Waals surface area contributed by atoms with Gasteiger partial charge in [0, 0.05) is 19.2 Å². The van der Waals surface area contributed by atoms with Crippen LogP contribution >= 0.6 is 0 Å². The first kappa shape index (κ1) is 14.6. The molecule has 2 amide bonds. The number of hydrogen-bond acceptors (Lipinski definition) is 4. The molecule has 110 valence electrons. The van der Waals surface area contributed by atoms with Gasteiger partial charge in [-0.2, -0.15) is 0 Å². The molecule has 1 fully saturated rings. The van der Waals surface area contributed by atoms with Gasteiger partial charge in [0.2, 0.25) is 5.88 Å². The predicted molar refractivity (Wildman–Crippen MR) is 78.0 cm³/mol. The molecule has 2 heterocycles. The molecule has 1 aromatic heterocycles. The average Bonchev–Trinajstić information content (AvgIpc) is 2.94. The van der Waals surface area contributed by atoms with E-state index in [1.54, 1.807) is 25.4 Å². The zero-order valence-electron chi connectivity index (χ0n) is 12.1. The van der Waals surface area contributed by atoms with Crippen molar-refractivity contribution in [3.63, 3.8) is 0 Å². The lowest BCUT2D eigenvalue weighted by molar-refractivity contribution is 0.250. The molecular weight excluding hydrogens is 256 g/mol. The van der Waals surface area contributed by atoms with E-state index in [0.29, 0.717) is 24.0 Å². The Kier molecular flexibility index (Phi) is 5.17. The highest BCUT2D eigenvalue weighted by atomic mass is 16.5. The molecule has 0 saturated carbocycles. The van der Waals surface area contributed by atoms with Crippen LogP contribution in [-0.2, 0) is 0 Å². The highest BCUT2D eigenvalue weighted by Crippen LogP contribution is 2.15. The van der Waals surface area contributed by atoms with Crippen LogP contribution in [-0.4, -0.2) is 49.2 Å². The lowest BCUT2D eigenvalue weighted by atomic mass is 10.1. The summed E-state index contributed by atoms with van der Waals surface area (Å²) in [5.41, 5.74) is 0.657. The van der Waals surface area contributed by atoms with Gasteiger partial charge >= 0.3 is 6.03 Å². The number of hydrogen-bond donors (Lipinski definition) is 2. The Balaban J connectivity index is 1.72. The third kappa shape index (κ3) is 4.09. The van der Waals surface area contributed by atoms with E-state index in [9.17, 15) is 4.79 Å². The first-order valence-corrected chi connectivity index (χ1v) is 6.98. The maximum Gasteiger partial charge on any atom is 0.319 e. The number of urea groups is 1. The second-order valence-corrected chi connectivity index (χ2v) is 4.97. The lowest BCUT2D eigenvalue weighted by Crippen LogP contribution is -2.34. The summed E-state index contributed by atoms with van der Waals surface area (Å²) < 4.78 is 4.97. The quantitative estimate of drug-likeness (QED) is 0.857. The summed E-state index contributed by atoms with van der Waals surface area (Å²) in [4.78, 5) is 18.2. The van der Waals surface area contributed by atoms with Crippen molar-refractivity contribution in [1.82, 2.24) is 15.2 Å². The lowest BCUT2D eigenvalue weighted by Gasteiger charge is -2.14. The third-order valence-electron chi connectivity index (χ3n) is 3.57. The van der Waals surface area contributed by atoms with E-state index in [0.717, 1.165) is 26.1 Å². The van der Waals surface area contributed by atoms with Gasteiger partial charge in [-0.1, -0.05) is 6.92 Å². The van der Waals surface area contributed by atoms with Crippen molar-refractivity contribution >= 4 is 11.7 Å². The fourth-order valence-corrected chi connectivity index (χ4v) is 2.35. The van der Waals surface area contributed by atoms with Gasteiger partial charge in [0.25, 0.3) is 0 Å². The molecular formula is C14H22N4O2. The first-order chi connectivity index (χ1) is 9.71. The molecule has 1 aromatic rings. The SMILES string of the molecule is CCN1CCC(CNC(=O)Nc2ccc(OC)nc2)C1. The summed E-state index contributed by atoms with van der Waals surface area (Å²) in [5.74, 6) is 1.08. The Morgan fingerprint density at radius 1 is 1.55 bits per heavy atom. The molecule has 1 unspecified atom stereocenters. The summed E-state index contributed by atoms with van der Waals surface area (Å²) in [6.45, 7) is 6.17. The number of nitrogens with zero attached hydrogens (tertiary/aromatic N) is 2. The van der Waals surface area contributed by atoms with E-state index in [1.165, 1.54) is 0 Å². The van der Waals surface area contributed by atoms with Crippen molar-refractivity contribution in [3.8, 4) is 5.88 Å². The monoisotopic (exact) mass is 278 g/mol. The Labute approximate surface area is 119 Å². The number of aromatic nitrogens is 1. The van der Waals surface area contributed by atoms with Gasteiger partial charge in [0.1, 0.15) is 0 Å². The largest absolute Gasteiger partial charge is 0.481 e. The van der Waals surface area contributed by atoms with Gasteiger partial charge in [0.15, 0.2) is 0 Å². The summed E-state index contributed by atoms with van der Waals surface area (Å²) in [5, 5.41) is 5.67. The maximum atomic E-state index is 11.8. The Morgan fingerprint density at radius 2 is 2.40 bits per heavy atom. The van der Waals surface area contributed by atoms with E-state index in [4.69, 9.17) is 4.74 Å². The smallest absolute Gasteiger partial charge is 0.319 e. The number of methoxy groups -OCH3 is 1. The number of nitrogens with one attached hydrogen (secondary N) is 2. The van der Waals surface area contributed by atoms with E-state index in [-0.39, 0.29) is 6.03 Å². The number of likely N-dealkylation sites (tertiary alicyclic amines) is 1. The molecule has 0 aromatic carbocycles. The number of rotatable bonds is 5. The summed E-state index contributed by atoms with van der Waals surface area (Å²) >= 11 is 0. The van der Waals surface area contributed by atoms with Crippen LogP contribution < -0.4 is 15.4 Å². The van der Waals surface area contributed by atoms with Gasteiger partial charge in [-0.05, 0) is 31.5 Å². The molecule has 1 saturated heterocycles. The Hall–Kier alpha value is -1.82. The van der Waals surface area contributed by atoms with Crippen LogP contribution in [0, 0.1) is 5.92 Å². The minimum atomic E-state index is -0.188. The fraction of sp³-hybridized carbons (Fsp3) is 0.571. The van der Waals surface area contributed by atoms with Crippen molar-refractivity contribution in [1.29, 1.82) is 0 Å². The van der Waals surface area contributed by atoms with E-state index in [1.807, 2.05) is 0 Å². The minimum Gasteiger partial charge on any atom is -0.481 e. The maximum absolute atomic E-state index is 11.8. The number of amides is 2. The van der Waals surface area contributed by atoms with Crippen molar-refractivity contribution in [2.75, 3.05) is 38.6 Å². The van der Waals surface area contributed by atoms with Crippen LogP contribution in [0.2, 0.25) is 0 Å². The topological polar surface area (TPSA) is 66.5 Å². The average molecular weight is 278 g/mol. The molecule has 0 spiro atoms. The second kappa shape index (κ2) is 7.09. The normalized spacial score (nSPS) is 18.8. The molecule has 2 rings (SSSR count). The summed E-state index contributed by atoms with van der Waals surface area (Å²) in [6, 6.07) is 3.29. The molecule has 6 heteroatoms. The highest BCUT2D eigenvalue weighted by Gasteiger charge is 2.21. The van der Waals surface area contributed by atoms with Crippen molar-refractivity contribution in [2.45, 2.75) is 13.3 Å². The molecule has 2 N–H and O–H groups in total. The molecule has 20 heavy (non-hydrogen) atoms. The van der Waals surface area contributed by atoms with Gasteiger partial charge in [-0.15, -0.1) is 0 Å². The highest BCUT2D eigenvalue weighted by molar-refractivity contribution is 5.88. The standard InChI is InChI=1S/C14H22N4O2/c1-3-18-7-6-11(10-18)8-16-14(19)17-12-4-5-13(20-2)15-9-12/h4-5,9,11H,3,6-8,10H2,1-2H3,(H2,16,17,19). The van der Waals surface area contributed by atoms with E-state index >= 15 is 0 Å². The van der Waals surface area contributed by atoms with Crippen LogP contribution in [0.5, 0.6) is 5.88 Å². The number of carbonyl (C=O) groups excluding carboxylic acids is 1. The summed E-state index contributed by atoms with van der Waals surface area (Å²) in [7, 11) is 1.56. The minimum absolute atomic E-state index is 0.188. The van der Waals surface area contributed by atoms with Gasteiger partial charge < -0.3 is 20.3 Å². The van der Waals surface area contributed by atoms with Crippen molar-refractivity contribution in [3.05, 3.63) is 18.3 Å². The molecule has 0 aliphatic carbocycles. The molecule has 0 bridgehead atoms.